The van der Waals surface area contributed by atoms with Crippen LogP contribution < -0.4 is 16.0 Å². The third-order valence-corrected chi connectivity index (χ3v) is 3.78. The second-order valence-corrected chi connectivity index (χ2v) is 6.04. The number of hydrogen-bond donors (Lipinski definition) is 3. The Morgan fingerprint density at radius 1 is 1.24 bits per heavy atom. The molecule has 1 aliphatic heterocycles. The molecule has 1 unspecified atom stereocenters. The van der Waals surface area contributed by atoms with Crippen molar-refractivity contribution in [3.05, 3.63) is 24.3 Å². The molecule has 1 saturated heterocycles. The molecule has 0 aliphatic carbocycles. The summed E-state index contributed by atoms with van der Waals surface area (Å²) in [6.45, 7) is 6.47. The summed E-state index contributed by atoms with van der Waals surface area (Å²) in [5.74, 6) is -0.153. The first-order valence-electron chi connectivity index (χ1n) is 7.38. The Morgan fingerprint density at radius 2 is 1.90 bits per heavy atom. The van der Waals surface area contributed by atoms with E-state index in [0.717, 1.165) is 19.4 Å². The lowest BCUT2D eigenvalue weighted by molar-refractivity contribution is -0.121. The molecular weight excluding hydrogens is 266 g/mol. The maximum absolute atomic E-state index is 12.3. The maximum atomic E-state index is 12.3. The molecule has 1 aromatic carbocycles. The van der Waals surface area contributed by atoms with E-state index >= 15 is 0 Å². The highest BCUT2D eigenvalue weighted by atomic mass is 16.2. The summed E-state index contributed by atoms with van der Waals surface area (Å²) in [4.78, 5) is 24.0. The van der Waals surface area contributed by atoms with Crippen molar-refractivity contribution in [2.45, 2.75) is 39.2 Å². The van der Waals surface area contributed by atoms with Gasteiger partial charge in [0.15, 0.2) is 0 Å². The van der Waals surface area contributed by atoms with Crippen LogP contribution in [0.5, 0.6) is 0 Å². The standard InChI is InChI=1S/C16H23N3O2/c1-11(2)14(20)18-12-6-4-7-13(10-12)19-15(21)16(3)8-5-9-17-16/h4,6-7,10-11,17H,5,8-9H2,1-3H3,(H,18,20)(H,19,21). The molecule has 1 fully saturated rings. The zero-order chi connectivity index (χ0) is 15.5. The van der Waals surface area contributed by atoms with Crippen LogP contribution in [0.25, 0.3) is 0 Å². The van der Waals surface area contributed by atoms with E-state index in [4.69, 9.17) is 0 Å². The first-order chi connectivity index (χ1) is 9.90. The lowest BCUT2D eigenvalue weighted by Gasteiger charge is -2.23. The maximum Gasteiger partial charge on any atom is 0.244 e. The van der Waals surface area contributed by atoms with Crippen molar-refractivity contribution >= 4 is 23.2 Å². The summed E-state index contributed by atoms with van der Waals surface area (Å²) in [6, 6.07) is 7.22. The molecule has 2 rings (SSSR count). The number of anilines is 2. The SMILES string of the molecule is CC(C)C(=O)Nc1cccc(NC(=O)C2(C)CCCN2)c1. The van der Waals surface area contributed by atoms with Crippen LogP contribution >= 0.6 is 0 Å². The summed E-state index contributed by atoms with van der Waals surface area (Å²) in [5, 5.41) is 8.98. The van der Waals surface area contributed by atoms with E-state index in [2.05, 4.69) is 16.0 Å². The zero-order valence-corrected chi connectivity index (χ0v) is 12.8. The minimum absolute atomic E-state index is 0.0349. The van der Waals surface area contributed by atoms with E-state index in [-0.39, 0.29) is 17.7 Å². The van der Waals surface area contributed by atoms with Crippen LogP contribution in [-0.2, 0) is 9.59 Å². The van der Waals surface area contributed by atoms with Crippen LogP contribution in [0.3, 0.4) is 0 Å². The van der Waals surface area contributed by atoms with Crippen molar-refractivity contribution in [1.82, 2.24) is 5.32 Å². The Kier molecular flexibility index (Phi) is 4.63. The van der Waals surface area contributed by atoms with Crippen LogP contribution in [0.2, 0.25) is 0 Å². The van der Waals surface area contributed by atoms with Gasteiger partial charge in [-0.1, -0.05) is 19.9 Å². The van der Waals surface area contributed by atoms with Crippen LogP contribution in [0, 0.1) is 5.92 Å². The molecule has 0 bridgehead atoms. The predicted molar refractivity (Wildman–Crippen MR) is 84.2 cm³/mol. The first kappa shape index (κ1) is 15.5. The molecule has 0 aromatic heterocycles. The Morgan fingerprint density at radius 3 is 2.48 bits per heavy atom. The molecule has 5 heteroatoms. The Balaban J connectivity index is 2.04. The summed E-state index contributed by atoms with van der Waals surface area (Å²) in [6.07, 6.45) is 1.84. The average Bonchev–Trinajstić information content (AvgIpc) is 2.87. The largest absolute Gasteiger partial charge is 0.326 e. The first-order valence-corrected chi connectivity index (χ1v) is 7.38. The molecular formula is C16H23N3O2. The molecule has 0 radical (unpaired) electrons. The van der Waals surface area contributed by atoms with Crippen LogP contribution in [0.1, 0.15) is 33.6 Å². The lowest BCUT2D eigenvalue weighted by atomic mass is 9.99. The Labute approximate surface area is 125 Å². The number of amides is 2. The summed E-state index contributed by atoms with van der Waals surface area (Å²) >= 11 is 0. The smallest absolute Gasteiger partial charge is 0.244 e. The van der Waals surface area contributed by atoms with E-state index in [1.54, 1.807) is 6.07 Å². The highest BCUT2D eigenvalue weighted by Crippen LogP contribution is 2.22. The van der Waals surface area contributed by atoms with E-state index in [1.807, 2.05) is 39.0 Å². The van der Waals surface area contributed by atoms with Gasteiger partial charge in [0.1, 0.15) is 0 Å². The number of carbonyl (C=O) groups is 2. The van der Waals surface area contributed by atoms with Crippen molar-refractivity contribution in [2.75, 3.05) is 17.2 Å². The number of hydrogen-bond acceptors (Lipinski definition) is 3. The molecule has 1 heterocycles. The molecule has 1 aliphatic rings. The Hall–Kier alpha value is -1.88. The van der Waals surface area contributed by atoms with Crippen molar-refractivity contribution in [3.8, 4) is 0 Å². The highest BCUT2D eigenvalue weighted by Gasteiger charge is 2.35. The third kappa shape index (κ3) is 3.82. The third-order valence-electron chi connectivity index (χ3n) is 3.78. The molecule has 114 valence electrons. The van der Waals surface area contributed by atoms with Crippen molar-refractivity contribution < 1.29 is 9.59 Å². The minimum atomic E-state index is -0.503. The van der Waals surface area contributed by atoms with Gasteiger partial charge in [-0.3, -0.25) is 9.59 Å². The van der Waals surface area contributed by atoms with Gasteiger partial charge in [-0.15, -0.1) is 0 Å². The van der Waals surface area contributed by atoms with Gasteiger partial charge in [0.2, 0.25) is 11.8 Å². The Bertz CT molecular complexity index is 534. The number of rotatable bonds is 4. The molecule has 5 nitrogen and oxygen atoms in total. The topological polar surface area (TPSA) is 70.2 Å². The lowest BCUT2D eigenvalue weighted by Crippen LogP contribution is -2.47. The van der Waals surface area contributed by atoms with Gasteiger partial charge in [0.05, 0.1) is 5.54 Å². The summed E-state index contributed by atoms with van der Waals surface area (Å²) in [7, 11) is 0. The highest BCUT2D eigenvalue weighted by molar-refractivity contribution is 5.99. The van der Waals surface area contributed by atoms with Crippen molar-refractivity contribution in [2.24, 2.45) is 5.92 Å². The van der Waals surface area contributed by atoms with Gasteiger partial charge in [-0.05, 0) is 44.5 Å². The number of carbonyl (C=O) groups excluding carboxylic acids is 2. The second-order valence-electron chi connectivity index (χ2n) is 6.04. The molecule has 1 atom stereocenters. The number of benzene rings is 1. The normalized spacial score (nSPS) is 21.3. The summed E-state index contributed by atoms with van der Waals surface area (Å²) < 4.78 is 0. The minimum Gasteiger partial charge on any atom is -0.326 e. The van der Waals surface area contributed by atoms with Gasteiger partial charge < -0.3 is 16.0 Å². The van der Waals surface area contributed by atoms with E-state index in [0.29, 0.717) is 11.4 Å². The fourth-order valence-electron chi connectivity index (χ4n) is 2.32. The van der Waals surface area contributed by atoms with Gasteiger partial charge in [-0.25, -0.2) is 0 Å². The molecule has 0 saturated carbocycles. The van der Waals surface area contributed by atoms with Crippen LogP contribution in [-0.4, -0.2) is 23.9 Å². The van der Waals surface area contributed by atoms with Gasteiger partial charge >= 0.3 is 0 Å². The molecule has 21 heavy (non-hydrogen) atoms. The molecule has 0 spiro atoms. The fraction of sp³-hybridized carbons (Fsp3) is 0.500. The van der Waals surface area contributed by atoms with E-state index in [1.165, 1.54) is 0 Å². The van der Waals surface area contributed by atoms with Gasteiger partial charge in [0, 0.05) is 17.3 Å². The van der Waals surface area contributed by atoms with Gasteiger partial charge in [-0.2, -0.15) is 0 Å². The summed E-state index contributed by atoms with van der Waals surface area (Å²) in [5.41, 5.74) is 0.879. The molecule has 1 aromatic rings. The molecule has 3 N–H and O–H groups in total. The van der Waals surface area contributed by atoms with Crippen LogP contribution in [0.4, 0.5) is 11.4 Å². The molecule has 2 amide bonds. The quantitative estimate of drug-likeness (QED) is 0.797. The van der Waals surface area contributed by atoms with Gasteiger partial charge in [0.25, 0.3) is 0 Å². The predicted octanol–water partition coefficient (Wildman–Crippen LogP) is 2.36. The fourth-order valence-corrected chi connectivity index (χ4v) is 2.32. The average molecular weight is 289 g/mol. The number of nitrogens with one attached hydrogen (secondary N) is 3. The zero-order valence-electron chi connectivity index (χ0n) is 12.8. The monoisotopic (exact) mass is 289 g/mol. The second kappa shape index (κ2) is 6.26. The van der Waals surface area contributed by atoms with E-state index < -0.39 is 5.54 Å². The van der Waals surface area contributed by atoms with Crippen molar-refractivity contribution in [3.63, 3.8) is 0 Å². The van der Waals surface area contributed by atoms with E-state index in [9.17, 15) is 9.59 Å². The van der Waals surface area contributed by atoms with Crippen molar-refractivity contribution in [1.29, 1.82) is 0 Å². The van der Waals surface area contributed by atoms with Crippen LogP contribution in [0.15, 0.2) is 24.3 Å².